The van der Waals surface area contributed by atoms with Crippen molar-refractivity contribution in [3.63, 3.8) is 0 Å². The van der Waals surface area contributed by atoms with Gasteiger partial charge in [-0.3, -0.25) is 9.59 Å². The summed E-state index contributed by atoms with van der Waals surface area (Å²) < 4.78 is 10.2. The SMILES string of the molecule is CCCCC(CC)(COC(C)=O)COC(C)=O. The average molecular weight is 244 g/mol. The van der Waals surface area contributed by atoms with E-state index < -0.39 is 0 Å². The Morgan fingerprint density at radius 2 is 1.47 bits per heavy atom. The maximum absolute atomic E-state index is 10.9. The molecule has 0 aliphatic heterocycles. The van der Waals surface area contributed by atoms with E-state index in [2.05, 4.69) is 6.92 Å². The summed E-state index contributed by atoms with van der Waals surface area (Å²) >= 11 is 0. The molecule has 4 heteroatoms. The minimum atomic E-state index is -0.290. The molecule has 0 spiro atoms. The van der Waals surface area contributed by atoms with Crippen molar-refractivity contribution in [3.8, 4) is 0 Å². The molecule has 0 saturated carbocycles. The normalized spacial score (nSPS) is 11.1. The fraction of sp³-hybridized carbons (Fsp3) is 0.846. The molecule has 0 radical (unpaired) electrons. The highest BCUT2D eigenvalue weighted by Gasteiger charge is 2.30. The predicted octanol–water partition coefficient (Wildman–Crippen LogP) is 2.70. The molecule has 0 aromatic heterocycles. The minimum absolute atomic E-state index is 0.229. The van der Waals surface area contributed by atoms with Crippen LogP contribution in [0.1, 0.15) is 53.4 Å². The molecule has 0 unspecified atom stereocenters. The quantitative estimate of drug-likeness (QED) is 0.616. The lowest BCUT2D eigenvalue weighted by Gasteiger charge is -2.31. The van der Waals surface area contributed by atoms with Crippen LogP contribution in [0.15, 0.2) is 0 Å². The molecule has 0 aliphatic rings. The molecule has 0 aromatic carbocycles. The summed E-state index contributed by atoms with van der Waals surface area (Å²) in [5.41, 5.74) is -0.229. The van der Waals surface area contributed by atoms with Gasteiger partial charge in [0.05, 0.1) is 0 Å². The molecule has 0 rings (SSSR count). The summed E-state index contributed by atoms with van der Waals surface area (Å²) in [6, 6.07) is 0. The Balaban J connectivity index is 4.48. The minimum Gasteiger partial charge on any atom is -0.465 e. The second-order valence-corrected chi connectivity index (χ2v) is 4.52. The number of esters is 2. The van der Waals surface area contributed by atoms with E-state index in [1.165, 1.54) is 13.8 Å². The molecular weight excluding hydrogens is 220 g/mol. The summed E-state index contributed by atoms with van der Waals surface area (Å²) in [5, 5.41) is 0. The zero-order valence-electron chi connectivity index (χ0n) is 11.4. The van der Waals surface area contributed by atoms with Gasteiger partial charge in [0.15, 0.2) is 0 Å². The lowest BCUT2D eigenvalue weighted by atomic mass is 9.82. The molecule has 0 amide bonds. The van der Waals surface area contributed by atoms with Crippen LogP contribution in [-0.4, -0.2) is 25.2 Å². The number of hydrogen-bond donors (Lipinski definition) is 0. The van der Waals surface area contributed by atoms with E-state index in [-0.39, 0.29) is 17.4 Å². The number of carbonyl (C=O) groups is 2. The van der Waals surface area contributed by atoms with Crippen LogP contribution in [-0.2, 0) is 19.1 Å². The first-order valence-electron chi connectivity index (χ1n) is 6.22. The highest BCUT2D eigenvalue weighted by atomic mass is 16.5. The molecule has 4 nitrogen and oxygen atoms in total. The van der Waals surface area contributed by atoms with Crippen molar-refractivity contribution in [3.05, 3.63) is 0 Å². The fourth-order valence-corrected chi connectivity index (χ4v) is 1.63. The highest BCUT2D eigenvalue weighted by Crippen LogP contribution is 2.30. The van der Waals surface area contributed by atoms with Gasteiger partial charge >= 0.3 is 11.9 Å². The zero-order chi connectivity index (χ0) is 13.3. The first kappa shape index (κ1) is 15.9. The highest BCUT2D eigenvalue weighted by molar-refractivity contribution is 5.66. The average Bonchev–Trinajstić information content (AvgIpc) is 2.28. The third-order valence-corrected chi connectivity index (χ3v) is 2.97. The Bertz CT molecular complexity index is 230. The Morgan fingerprint density at radius 1 is 1.00 bits per heavy atom. The maximum Gasteiger partial charge on any atom is 0.302 e. The predicted molar refractivity (Wildman–Crippen MR) is 65.5 cm³/mol. The zero-order valence-corrected chi connectivity index (χ0v) is 11.4. The van der Waals surface area contributed by atoms with Gasteiger partial charge in [0.25, 0.3) is 0 Å². The summed E-state index contributed by atoms with van der Waals surface area (Å²) in [7, 11) is 0. The van der Waals surface area contributed by atoms with Crippen molar-refractivity contribution in [2.45, 2.75) is 53.4 Å². The van der Waals surface area contributed by atoms with Gasteiger partial charge < -0.3 is 9.47 Å². The lowest BCUT2D eigenvalue weighted by Crippen LogP contribution is -2.33. The summed E-state index contributed by atoms with van der Waals surface area (Å²) in [6.07, 6.45) is 3.84. The van der Waals surface area contributed by atoms with Gasteiger partial charge in [-0.25, -0.2) is 0 Å². The number of unbranched alkanes of at least 4 members (excludes halogenated alkanes) is 1. The van der Waals surface area contributed by atoms with Crippen molar-refractivity contribution < 1.29 is 19.1 Å². The Hall–Kier alpha value is -1.06. The summed E-state index contributed by atoms with van der Waals surface area (Å²) in [4.78, 5) is 21.8. The van der Waals surface area contributed by atoms with Gasteiger partial charge in [0, 0.05) is 19.3 Å². The van der Waals surface area contributed by atoms with Crippen LogP contribution < -0.4 is 0 Å². The van der Waals surface area contributed by atoms with Gasteiger partial charge in [-0.1, -0.05) is 26.7 Å². The molecule has 0 bridgehead atoms. The van der Waals surface area contributed by atoms with Crippen LogP contribution in [0.25, 0.3) is 0 Å². The third kappa shape index (κ3) is 6.97. The van der Waals surface area contributed by atoms with E-state index in [1.807, 2.05) is 6.92 Å². The molecule has 0 fully saturated rings. The van der Waals surface area contributed by atoms with Crippen molar-refractivity contribution >= 4 is 11.9 Å². The van der Waals surface area contributed by atoms with Crippen LogP contribution >= 0.6 is 0 Å². The summed E-state index contributed by atoms with van der Waals surface area (Å²) in [5.74, 6) is -0.579. The van der Waals surface area contributed by atoms with E-state index >= 15 is 0 Å². The third-order valence-electron chi connectivity index (χ3n) is 2.97. The van der Waals surface area contributed by atoms with Crippen LogP contribution in [0.2, 0.25) is 0 Å². The van der Waals surface area contributed by atoms with Crippen LogP contribution in [0.4, 0.5) is 0 Å². The molecule has 0 aromatic rings. The van der Waals surface area contributed by atoms with Crippen LogP contribution in [0.5, 0.6) is 0 Å². The van der Waals surface area contributed by atoms with E-state index in [0.29, 0.717) is 13.2 Å². The first-order valence-corrected chi connectivity index (χ1v) is 6.22. The molecule has 17 heavy (non-hydrogen) atoms. The molecule has 0 atom stereocenters. The van der Waals surface area contributed by atoms with E-state index in [0.717, 1.165) is 25.7 Å². The summed E-state index contributed by atoms with van der Waals surface area (Å²) in [6.45, 7) is 7.58. The van der Waals surface area contributed by atoms with Crippen LogP contribution in [0, 0.1) is 5.41 Å². The van der Waals surface area contributed by atoms with Crippen molar-refractivity contribution in [1.82, 2.24) is 0 Å². The number of rotatable bonds is 8. The van der Waals surface area contributed by atoms with Gasteiger partial charge in [-0.15, -0.1) is 0 Å². The second kappa shape index (κ2) is 8.09. The van der Waals surface area contributed by atoms with E-state index in [9.17, 15) is 9.59 Å². The standard InChI is InChI=1S/C13H24O4/c1-5-7-8-13(6-2,9-16-11(3)14)10-17-12(4)15/h5-10H2,1-4H3. The molecule has 0 heterocycles. The molecular formula is C13H24O4. The lowest BCUT2D eigenvalue weighted by molar-refractivity contribution is -0.152. The van der Waals surface area contributed by atoms with Crippen molar-refractivity contribution in [2.24, 2.45) is 5.41 Å². The molecule has 0 N–H and O–H groups in total. The van der Waals surface area contributed by atoms with Crippen molar-refractivity contribution in [1.29, 1.82) is 0 Å². The van der Waals surface area contributed by atoms with Gasteiger partial charge in [-0.2, -0.15) is 0 Å². The largest absolute Gasteiger partial charge is 0.465 e. The molecule has 100 valence electrons. The smallest absolute Gasteiger partial charge is 0.302 e. The van der Waals surface area contributed by atoms with Gasteiger partial charge in [-0.05, 0) is 12.8 Å². The number of ether oxygens (including phenoxy) is 2. The number of carbonyl (C=O) groups excluding carboxylic acids is 2. The Morgan fingerprint density at radius 3 is 1.76 bits per heavy atom. The topological polar surface area (TPSA) is 52.6 Å². The molecule has 0 saturated heterocycles. The van der Waals surface area contributed by atoms with Gasteiger partial charge in [0.2, 0.25) is 0 Å². The first-order chi connectivity index (χ1) is 7.95. The monoisotopic (exact) mass is 244 g/mol. The van der Waals surface area contributed by atoms with Crippen LogP contribution in [0.3, 0.4) is 0 Å². The second-order valence-electron chi connectivity index (χ2n) is 4.52. The Labute approximate surface area is 104 Å². The van der Waals surface area contributed by atoms with Crippen molar-refractivity contribution in [2.75, 3.05) is 13.2 Å². The molecule has 0 aliphatic carbocycles. The van der Waals surface area contributed by atoms with E-state index in [4.69, 9.17) is 9.47 Å². The fourth-order valence-electron chi connectivity index (χ4n) is 1.63. The number of hydrogen-bond acceptors (Lipinski definition) is 4. The Kier molecular flexibility index (Phi) is 7.59. The van der Waals surface area contributed by atoms with Gasteiger partial charge in [0.1, 0.15) is 13.2 Å². The maximum atomic E-state index is 10.9. The van der Waals surface area contributed by atoms with E-state index in [1.54, 1.807) is 0 Å².